The summed E-state index contributed by atoms with van der Waals surface area (Å²) in [4.78, 5) is 13.9. The molecule has 86 valence electrons. The Morgan fingerprint density at radius 3 is 2.88 bits per heavy atom. The molecule has 5 heteroatoms. The number of halogens is 1. The molecule has 0 aliphatic carbocycles. The summed E-state index contributed by atoms with van der Waals surface area (Å²) in [7, 11) is 0. The van der Waals surface area contributed by atoms with E-state index in [0.29, 0.717) is 5.56 Å². The highest BCUT2D eigenvalue weighted by Gasteiger charge is 2.03. The second-order valence-corrected chi connectivity index (χ2v) is 4.02. The largest absolute Gasteiger partial charge is 0.259 e. The van der Waals surface area contributed by atoms with E-state index in [1.807, 2.05) is 25.1 Å². The lowest BCUT2D eigenvalue weighted by molar-refractivity contribution is -0.400. The molecule has 17 heavy (non-hydrogen) atoms. The van der Waals surface area contributed by atoms with Gasteiger partial charge in [-0.2, -0.15) is 0 Å². The minimum absolute atomic E-state index is 0.265. The number of aromatic nitrogens is 1. The van der Waals surface area contributed by atoms with Crippen LogP contribution in [0.2, 0.25) is 5.15 Å². The molecule has 0 spiro atoms. The van der Waals surface area contributed by atoms with Gasteiger partial charge in [-0.05, 0) is 24.6 Å². The molecule has 0 amide bonds. The Morgan fingerprint density at radius 1 is 1.41 bits per heavy atom. The van der Waals surface area contributed by atoms with Crippen molar-refractivity contribution >= 4 is 28.6 Å². The van der Waals surface area contributed by atoms with Crippen molar-refractivity contribution in [2.45, 2.75) is 6.92 Å². The number of pyridine rings is 1. The summed E-state index contributed by atoms with van der Waals surface area (Å²) in [6.07, 6.45) is 2.19. The maximum Gasteiger partial charge on any atom is 0.235 e. The standard InChI is InChI=1S/C12H9ClN2O2/c1-8-2-3-9-7-10(4-5-15(16)17)12(13)14-11(9)6-8/h2-7H,1H3/b5-4+. The van der Waals surface area contributed by atoms with E-state index in [1.54, 1.807) is 6.07 Å². The molecule has 0 atom stereocenters. The number of benzene rings is 1. The summed E-state index contributed by atoms with van der Waals surface area (Å²) in [5, 5.41) is 11.4. The van der Waals surface area contributed by atoms with E-state index < -0.39 is 4.92 Å². The van der Waals surface area contributed by atoms with Gasteiger partial charge in [0.2, 0.25) is 6.20 Å². The molecule has 2 rings (SSSR count). The zero-order valence-electron chi connectivity index (χ0n) is 9.05. The molecule has 0 N–H and O–H groups in total. The van der Waals surface area contributed by atoms with Gasteiger partial charge in [-0.3, -0.25) is 10.1 Å². The zero-order valence-corrected chi connectivity index (χ0v) is 9.81. The Hall–Kier alpha value is -1.94. The first-order valence-corrected chi connectivity index (χ1v) is 5.32. The minimum atomic E-state index is -0.532. The summed E-state index contributed by atoms with van der Waals surface area (Å²) < 4.78 is 0. The number of rotatable bonds is 2. The first-order valence-electron chi connectivity index (χ1n) is 4.95. The molecule has 4 nitrogen and oxygen atoms in total. The molecule has 1 aromatic carbocycles. The maximum atomic E-state index is 10.2. The Balaban J connectivity index is 2.55. The fourth-order valence-electron chi connectivity index (χ4n) is 1.53. The van der Waals surface area contributed by atoms with Crippen LogP contribution in [0, 0.1) is 17.0 Å². The Morgan fingerprint density at radius 2 is 2.18 bits per heavy atom. The normalized spacial score (nSPS) is 11.2. The predicted octanol–water partition coefficient (Wildman–Crippen LogP) is 3.44. The van der Waals surface area contributed by atoms with Crippen LogP contribution in [0.4, 0.5) is 0 Å². The number of aryl methyl sites for hydroxylation is 1. The fourth-order valence-corrected chi connectivity index (χ4v) is 1.74. The van der Waals surface area contributed by atoms with Crippen molar-refractivity contribution < 1.29 is 4.92 Å². The van der Waals surface area contributed by atoms with E-state index in [1.165, 1.54) is 6.08 Å². The third kappa shape index (κ3) is 2.60. The van der Waals surface area contributed by atoms with E-state index in [9.17, 15) is 10.1 Å². The summed E-state index contributed by atoms with van der Waals surface area (Å²) in [5.41, 5.74) is 2.42. The summed E-state index contributed by atoms with van der Waals surface area (Å²) >= 11 is 5.95. The number of hydrogen-bond acceptors (Lipinski definition) is 3. The van der Waals surface area contributed by atoms with E-state index in [0.717, 1.165) is 22.7 Å². The van der Waals surface area contributed by atoms with Crippen molar-refractivity contribution in [3.63, 3.8) is 0 Å². The van der Waals surface area contributed by atoms with Gasteiger partial charge in [-0.1, -0.05) is 23.7 Å². The average molecular weight is 249 g/mol. The van der Waals surface area contributed by atoms with Gasteiger partial charge in [0.05, 0.1) is 10.4 Å². The van der Waals surface area contributed by atoms with Gasteiger partial charge in [0.25, 0.3) is 0 Å². The van der Waals surface area contributed by atoms with Gasteiger partial charge >= 0.3 is 0 Å². The lowest BCUT2D eigenvalue weighted by atomic mass is 10.1. The van der Waals surface area contributed by atoms with Crippen molar-refractivity contribution in [1.82, 2.24) is 4.98 Å². The molecule has 1 heterocycles. The third-order valence-electron chi connectivity index (χ3n) is 2.33. The van der Waals surface area contributed by atoms with Gasteiger partial charge in [0, 0.05) is 17.0 Å². The van der Waals surface area contributed by atoms with Gasteiger partial charge in [0.15, 0.2) is 0 Å². The number of nitro groups is 1. The molecule has 2 aromatic rings. The van der Waals surface area contributed by atoms with E-state index in [4.69, 9.17) is 11.6 Å². The monoisotopic (exact) mass is 248 g/mol. The molecular weight excluding hydrogens is 240 g/mol. The molecule has 0 saturated carbocycles. The average Bonchev–Trinajstić information content (AvgIpc) is 2.26. The molecule has 0 fully saturated rings. The first-order chi connectivity index (χ1) is 8.06. The lowest BCUT2D eigenvalue weighted by Gasteiger charge is -2.02. The highest BCUT2D eigenvalue weighted by molar-refractivity contribution is 6.31. The van der Waals surface area contributed by atoms with Gasteiger partial charge in [0.1, 0.15) is 5.15 Å². The topological polar surface area (TPSA) is 56.0 Å². The van der Waals surface area contributed by atoms with Crippen LogP contribution in [0.5, 0.6) is 0 Å². The van der Waals surface area contributed by atoms with Crippen LogP contribution < -0.4 is 0 Å². The van der Waals surface area contributed by atoms with Crippen LogP contribution in [0.25, 0.3) is 17.0 Å². The fraction of sp³-hybridized carbons (Fsp3) is 0.0833. The van der Waals surface area contributed by atoms with Crippen LogP contribution in [0.15, 0.2) is 30.5 Å². The number of hydrogen-bond donors (Lipinski definition) is 0. The van der Waals surface area contributed by atoms with Crippen LogP contribution in [-0.2, 0) is 0 Å². The van der Waals surface area contributed by atoms with Crippen LogP contribution >= 0.6 is 11.6 Å². The highest BCUT2D eigenvalue weighted by atomic mass is 35.5. The van der Waals surface area contributed by atoms with Gasteiger partial charge < -0.3 is 0 Å². The van der Waals surface area contributed by atoms with Crippen LogP contribution in [0.1, 0.15) is 11.1 Å². The smallest absolute Gasteiger partial charge is 0.235 e. The molecular formula is C12H9ClN2O2. The van der Waals surface area contributed by atoms with E-state index >= 15 is 0 Å². The molecule has 0 saturated heterocycles. The predicted molar refractivity (Wildman–Crippen MR) is 67.5 cm³/mol. The summed E-state index contributed by atoms with van der Waals surface area (Å²) in [5.74, 6) is 0. The molecule has 0 radical (unpaired) electrons. The number of nitrogens with zero attached hydrogens (tertiary/aromatic N) is 2. The van der Waals surface area contributed by atoms with Crippen LogP contribution in [0.3, 0.4) is 0 Å². The van der Waals surface area contributed by atoms with Crippen molar-refractivity contribution in [2.75, 3.05) is 0 Å². The summed E-state index contributed by atoms with van der Waals surface area (Å²) in [6.45, 7) is 1.97. The van der Waals surface area contributed by atoms with E-state index in [2.05, 4.69) is 4.98 Å². The second kappa shape index (κ2) is 4.51. The lowest BCUT2D eigenvalue weighted by Crippen LogP contribution is -1.87. The van der Waals surface area contributed by atoms with Crippen molar-refractivity contribution in [1.29, 1.82) is 0 Å². The van der Waals surface area contributed by atoms with Crippen molar-refractivity contribution in [3.8, 4) is 0 Å². The van der Waals surface area contributed by atoms with Crippen molar-refractivity contribution in [2.24, 2.45) is 0 Å². The quantitative estimate of drug-likeness (QED) is 0.465. The third-order valence-corrected chi connectivity index (χ3v) is 2.63. The molecule has 1 aromatic heterocycles. The van der Waals surface area contributed by atoms with Crippen molar-refractivity contribution in [3.05, 3.63) is 56.9 Å². The zero-order chi connectivity index (χ0) is 12.4. The van der Waals surface area contributed by atoms with Gasteiger partial charge in [-0.25, -0.2) is 4.98 Å². The van der Waals surface area contributed by atoms with Crippen LogP contribution in [-0.4, -0.2) is 9.91 Å². The van der Waals surface area contributed by atoms with Gasteiger partial charge in [-0.15, -0.1) is 0 Å². The second-order valence-electron chi connectivity index (χ2n) is 3.67. The Bertz CT molecular complexity index is 623. The Kier molecular flexibility index (Phi) is 3.06. The molecule has 0 aliphatic heterocycles. The molecule has 0 bridgehead atoms. The maximum absolute atomic E-state index is 10.2. The van der Waals surface area contributed by atoms with E-state index in [-0.39, 0.29) is 5.15 Å². The summed E-state index contributed by atoms with van der Waals surface area (Å²) in [6, 6.07) is 7.57. The molecule has 0 aliphatic rings. The number of fused-ring (bicyclic) bond motifs is 1. The highest BCUT2D eigenvalue weighted by Crippen LogP contribution is 2.22. The molecule has 0 unspecified atom stereocenters. The SMILES string of the molecule is Cc1ccc2cc(/C=C/[N+](=O)[O-])c(Cl)nc2c1. The Labute approximate surface area is 103 Å². The minimum Gasteiger partial charge on any atom is -0.259 e. The first kappa shape index (κ1) is 11.5.